The zero-order valence-electron chi connectivity index (χ0n) is 15.3. The Bertz CT molecular complexity index is 971. The van der Waals surface area contributed by atoms with Crippen LogP contribution in [-0.4, -0.2) is 18.4 Å². The van der Waals surface area contributed by atoms with Gasteiger partial charge in [-0.25, -0.2) is 0 Å². The van der Waals surface area contributed by atoms with Crippen molar-refractivity contribution in [2.75, 3.05) is 17.2 Å². The molecule has 0 saturated carbocycles. The highest BCUT2D eigenvalue weighted by Gasteiger charge is 2.12. The van der Waals surface area contributed by atoms with Crippen molar-refractivity contribution in [3.8, 4) is 0 Å². The van der Waals surface area contributed by atoms with Crippen LogP contribution in [0.25, 0.3) is 0 Å². The quantitative estimate of drug-likeness (QED) is 0.557. The Balaban J connectivity index is 1.58. The summed E-state index contributed by atoms with van der Waals surface area (Å²) in [4.78, 5) is 24.7. The fourth-order valence-electron chi connectivity index (χ4n) is 2.56. The van der Waals surface area contributed by atoms with Gasteiger partial charge in [0.2, 0.25) is 5.91 Å². The Morgan fingerprint density at radius 3 is 2.64 bits per heavy atom. The number of para-hydroxylation sites is 1. The van der Waals surface area contributed by atoms with E-state index in [0.717, 1.165) is 5.56 Å². The van der Waals surface area contributed by atoms with Crippen LogP contribution in [0.15, 0.2) is 65.3 Å². The van der Waals surface area contributed by atoms with Crippen molar-refractivity contribution in [3.63, 3.8) is 0 Å². The maximum atomic E-state index is 12.5. The molecular weight excluding hydrogens is 378 g/mol. The molecule has 28 heavy (non-hydrogen) atoms. The molecule has 3 aromatic rings. The summed E-state index contributed by atoms with van der Waals surface area (Å²) < 4.78 is 5.21. The lowest BCUT2D eigenvalue weighted by molar-refractivity contribution is -0.114. The number of anilines is 2. The Morgan fingerprint density at radius 1 is 1.07 bits per heavy atom. The number of hydrogen-bond acceptors (Lipinski definition) is 4. The van der Waals surface area contributed by atoms with Crippen molar-refractivity contribution in [1.82, 2.24) is 5.32 Å². The molecule has 1 aromatic heterocycles. The Morgan fingerprint density at radius 2 is 1.89 bits per heavy atom. The average Bonchev–Trinajstić information content (AvgIpc) is 3.21. The van der Waals surface area contributed by atoms with Gasteiger partial charge in [0.1, 0.15) is 5.76 Å². The molecule has 1 heterocycles. The third kappa shape index (κ3) is 5.14. The van der Waals surface area contributed by atoms with Gasteiger partial charge in [0.05, 0.1) is 24.9 Å². The molecule has 0 fully saturated rings. The van der Waals surface area contributed by atoms with Gasteiger partial charge in [0, 0.05) is 16.4 Å². The van der Waals surface area contributed by atoms with E-state index in [-0.39, 0.29) is 24.9 Å². The van der Waals surface area contributed by atoms with Crippen LogP contribution >= 0.6 is 11.6 Å². The largest absolute Gasteiger partial charge is 0.467 e. The first-order valence-electron chi connectivity index (χ1n) is 8.72. The standard InChI is InChI=1S/C21H20ClN3O3/c1-14-8-9-15(11-18(14)22)25-20(26)13-23-19-7-3-2-6-17(19)21(27)24-12-16-5-4-10-28-16/h2-11,23H,12-13H2,1H3,(H,24,27)(H,25,26). The summed E-state index contributed by atoms with van der Waals surface area (Å²) in [5.74, 6) is 0.158. The van der Waals surface area contributed by atoms with Gasteiger partial charge in [0.15, 0.2) is 0 Å². The number of amides is 2. The third-order valence-corrected chi connectivity index (χ3v) is 4.48. The van der Waals surface area contributed by atoms with Gasteiger partial charge < -0.3 is 20.4 Å². The summed E-state index contributed by atoms with van der Waals surface area (Å²) in [6, 6.07) is 15.9. The van der Waals surface area contributed by atoms with Gasteiger partial charge >= 0.3 is 0 Å². The Labute approximate surface area is 167 Å². The molecule has 0 radical (unpaired) electrons. The second kappa shape index (κ2) is 9.10. The van der Waals surface area contributed by atoms with E-state index >= 15 is 0 Å². The molecule has 3 N–H and O–H groups in total. The lowest BCUT2D eigenvalue weighted by atomic mass is 10.1. The second-order valence-electron chi connectivity index (χ2n) is 6.17. The summed E-state index contributed by atoms with van der Waals surface area (Å²) in [7, 11) is 0. The highest BCUT2D eigenvalue weighted by atomic mass is 35.5. The Kier molecular flexibility index (Phi) is 6.34. The maximum absolute atomic E-state index is 12.5. The smallest absolute Gasteiger partial charge is 0.253 e. The number of rotatable bonds is 7. The van der Waals surface area contributed by atoms with E-state index < -0.39 is 0 Å². The molecule has 0 unspecified atom stereocenters. The van der Waals surface area contributed by atoms with Crippen LogP contribution in [0.1, 0.15) is 21.7 Å². The number of carbonyl (C=O) groups is 2. The minimum Gasteiger partial charge on any atom is -0.467 e. The number of benzene rings is 2. The fourth-order valence-corrected chi connectivity index (χ4v) is 2.74. The zero-order chi connectivity index (χ0) is 19.9. The molecule has 0 bridgehead atoms. The topological polar surface area (TPSA) is 83.4 Å². The highest BCUT2D eigenvalue weighted by Crippen LogP contribution is 2.20. The van der Waals surface area contributed by atoms with Crippen molar-refractivity contribution in [2.45, 2.75) is 13.5 Å². The van der Waals surface area contributed by atoms with Gasteiger partial charge in [-0.1, -0.05) is 29.8 Å². The first-order chi connectivity index (χ1) is 13.5. The first kappa shape index (κ1) is 19.5. The van der Waals surface area contributed by atoms with Crippen molar-refractivity contribution < 1.29 is 14.0 Å². The Hall–Kier alpha value is -3.25. The molecule has 144 valence electrons. The number of aryl methyl sites for hydroxylation is 1. The summed E-state index contributed by atoms with van der Waals surface area (Å²) in [6.45, 7) is 2.19. The van der Waals surface area contributed by atoms with Gasteiger partial charge in [0.25, 0.3) is 5.91 Å². The van der Waals surface area contributed by atoms with Crippen LogP contribution in [0.2, 0.25) is 5.02 Å². The van der Waals surface area contributed by atoms with E-state index in [4.69, 9.17) is 16.0 Å². The molecule has 2 aromatic carbocycles. The molecule has 0 spiro atoms. The van der Waals surface area contributed by atoms with Gasteiger partial charge in [-0.2, -0.15) is 0 Å². The lowest BCUT2D eigenvalue weighted by Gasteiger charge is -2.12. The van der Waals surface area contributed by atoms with Crippen molar-refractivity contribution in [3.05, 3.63) is 82.8 Å². The summed E-state index contributed by atoms with van der Waals surface area (Å²) >= 11 is 6.07. The second-order valence-corrected chi connectivity index (χ2v) is 6.58. The van der Waals surface area contributed by atoms with E-state index in [9.17, 15) is 9.59 Å². The van der Waals surface area contributed by atoms with Crippen LogP contribution in [0.5, 0.6) is 0 Å². The maximum Gasteiger partial charge on any atom is 0.253 e. The molecule has 2 amide bonds. The van der Waals surface area contributed by atoms with Crippen molar-refractivity contribution in [2.24, 2.45) is 0 Å². The minimum absolute atomic E-state index is 0.00791. The number of nitrogens with one attached hydrogen (secondary N) is 3. The molecule has 0 saturated heterocycles. The van der Waals surface area contributed by atoms with Crippen molar-refractivity contribution >= 4 is 34.8 Å². The lowest BCUT2D eigenvalue weighted by Crippen LogP contribution is -2.26. The van der Waals surface area contributed by atoms with Crippen LogP contribution in [0, 0.1) is 6.92 Å². The molecule has 3 rings (SSSR count). The molecule has 0 aliphatic carbocycles. The van der Waals surface area contributed by atoms with E-state index in [1.165, 1.54) is 0 Å². The number of halogens is 1. The van der Waals surface area contributed by atoms with Crippen LogP contribution < -0.4 is 16.0 Å². The van der Waals surface area contributed by atoms with E-state index in [1.54, 1.807) is 54.8 Å². The molecular formula is C21H20ClN3O3. The van der Waals surface area contributed by atoms with E-state index in [0.29, 0.717) is 27.7 Å². The zero-order valence-corrected chi connectivity index (χ0v) is 16.0. The van der Waals surface area contributed by atoms with Gasteiger partial charge in [-0.15, -0.1) is 0 Å². The molecule has 0 aliphatic heterocycles. The molecule has 7 heteroatoms. The van der Waals surface area contributed by atoms with Crippen molar-refractivity contribution in [1.29, 1.82) is 0 Å². The van der Waals surface area contributed by atoms with Crippen LogP contribution in [-0.2, 0) is 11.3 Å². The fraction of sp³-hybridized carbons (Fsp3) is 0.143. The monoisotopic (exact) mass is 397 g/mol. The normalized spacial score (nSPS) is 10.4. The molecule has 0 atom stereocenters. The van der Waals surface area contributed by atoms with E-state index in [1.807, 2.05) is 13.0 Å². The van der Waals surface area contributed by atoms with Gasteiger partial charge in [-0.3, -0.25) is 9.59 Å². The SMILES string of the molecule is Cc1ccc(NC(=O)CNc2ccccc2C(=O)NCc2ccco2)cc1Cl. The molecule has 0 aliphatic rings. The molecule has 6 nitrogen and oxygen atoms in total. The van der Waals surface area contributed by atoms with E-state index in [2.05, 4.69) is 16.0 Å². The summed E-state index contributed by atoms with van der Waals surface area (Å²) in [6.07, 6.45) is 1.55. The van der Waals surface area contributed by atoms with Crippen LogP contribution in [0.4, 0.5) is 11.4 Å². The highest BCUT2D eigenvalue weighted by molar-refractivity contribution is 6.31. The number of carbonyl (C=O) groups excluding carboxylic acids is 2. The predicted molar refractivity (Wildman–Crippen MR) is 110 cm³/mol. The average molecular weight is 398 g/mol. The minimum atomic E-state index is -0.259. The van der Waals surface area contributed by atoms with Gasteiger partial charge in [-0.05, 0) is 48.9 Å². The van der Waals surface area contributed by atoms with Crippen LogP contribution in [0.3, 0.4) is 0 Å². The first-order valence-corrected chi connectivity index (χ1v) is 9.10. The summed E-state index contributed by atoms with van der Waals surface area (Å²) in [5, 5.41) is 9.16. The third-order valence-electron chi connectivity index (χ3n) is 4.07. The predicted octanol–water partition coefficient (Wildman–Crippen LogP) is 4.22. The summed E-state index contributed by atoms with van der Waals surface area (Å²) in [5.41, 5.74) is 2.57. The number of hydrogen-bond donors (Lipinski definition) is 3. The number of furan rings is 1.